The van der Waals surface area contributed by atoms with Crippen LogP contribution in [0.4, 0.5) is 28.2 Å². The second-order valence-electron chi connectivity index (χ2n) is 13.9. The van der Waals surface area contributed by atoms with E-state index in [0.717, 1.165) is 18.1 Å². The maximum absolute atomic E-state index is 15.2. The van der Waals surface area contributed by atoms with E-state index in [1.165, 1.54) is 4.90 Å². The number of hydrogen-bond acceptors (Lipinski definition) is 8. The highest BCUT2D eigenvalue weighted by Gasteiger charge is 2.65. The summed E-state index contributed by atoms with van der Waals surface area (Å²) in [6.07, 6.45) is -6.20. The highest BCUT2D eigenvalue weighted by atomic mass is 19.4. The fourth-order valence-corrected chi connectivity index (χ4v) is 8.12. The van der Waals surface area contributed by atoms with Gasteiger partial charge in [-0.1, -0.05) is 20.8 Å². The highest BCUT2D eigenvalue weighted by Crippen LogP contribution is 2.59. The van der Waals surface area contributed by atoms with Gasteiger partial charge in [0.2, 0.25) is 17.4 Å². The predicted molar refractivity (Wildman–Crippen MR) is 149 cm³/mol. The number of nitrogens with zero attached hydrogens (tertiary/aromatic N) is 4. The van der Waals surface area contributed by atoms with Crippen LogP contribution >= 0.6 is 0 Å². The summed E-state index contributed by atoms with van der Waals surface area (Å²) in [6.45, 7) is 4.92. The van der Waals surface area contributed by atoms with E-state index < -0.39 is 95.2 Å². The number of likely N-dealkylation sites (tertiary alicyclic amines) is 2. The number of methoxy groups -OCH3 is 1. The van der Waals surface area contributed by atoms with Crippen molar-refractivity contribution in [2.75, 3.05) is 25.5 Å². The van der Waals surface area contributed by atoms with E-state index in [1.807, 2.05) is 6.07 Å². The molecule has 2 saturated carbocycles. The van der Waals surface area contributed by atoms with Crippen molar-refractivity contribution in [1.29, 1.82) is 5.26 Å². The lowest BCUT2D eigenvalue weighted by molar-refractivity contribution is -0.149. The van der Waals surface area contributed by atoms with Crippen molar-refractivity contribution in [2.45, 2.75) is 76.1 Å². The number of ether oxygens (including phenoxy) is 2. The quantitative estimate of drug-likeness (QED) is 0.474. The Bertz CT molecular complexity index is 1530. The number of pyridine rings is 1. The van der Waals surface area contributed by atoms with Crippen LogP contribution in [-0.4, -0.2) is 88.7 Å². The lowest BCUT2D eigenvalue weighted by Crippen LogP contribution is -2.60. The number of nitrogens with one attached hydrogen (secondary N) is 2. The number of halogens is 4. The molecule has 1 aromatic heterocycles. The summed E-state index contributed by atoms with van der Waals surface area (Å²) in [7, 11) is 1.16. The molecule has 2 N–H and O–H groups in total. The first kappa shape index (κ1) is 31.8. The van der Waals surface area contributed by atoms with Crippen molar-refractivity contribution >= 4 is 29.6 Å². The van der Waals surface area contributed by atoms with Gasteiger partial charge in [-0.05, 0) is 54.1 Å². The molecule has 0 aromatic carbocycles. The molecule has 1 spiro atoms. The molecule has 2 bridgehead atoms. The minimum absolute atomic E-state index is 0.0468. The van der Waals surface area contributed by atoms with Crippen LogP contribution in [0.25, 0.3) is 0 Å². The van der Waals surface area contributed by atoms with Crippen molar-refractivity contribution in [1.82, 2.24) is 20.1 Å². The van der Waals surface area contributed by atoms with Crippen LogP contribution in [0.15, 0.2) is 12.1 Å². The van der Waals surface area contributed by atoms with Gasteiger partial charge in [-0.3, -0.25) is 14.4 Å². The number of hydrogen-bond donors (Lipinski definition) is 2. The van der Waals surface area contributed by atoms with Gasteiger partial charge >= 0.3 is 12.3 Å². The number of carbonyl (C=O) groups is 4. The zero-order valence-electron chi connectivity index (χ0n) is 25.6. The van der Waals surface area contributed by atoms with E-state index in [2.05, 4.69) is 15.6 Å². The molecule has 5 aliphatic rings. The number of nitriles is 1. The summed E-state index contributed by atoms with van der Waals surface area (Å²) in [6, 6.07) is 0.232. The van der Waals surface area contributed by atoms with E-state index in [-0.39, 0.29) is 30.6 Å². The Morgan fingerprint density at radius 1 is 1.20 bits per heavy atom. The van der Waals surface area contributed by atoms with Crippen LogP contribution in [0, 0.1) is 40.4 Å². The first-order valence-corrected chi connectivity index (χ1v) is 15.1. The molecule has 4 amide bonds. The summed E-state index contributed by atoms with van der Waals surface area (Å²) in [5.41, 5.74) is -3.88. The third-order valence-electron chi connectivity index (χ3n) is 10.2. The molecule has 3 aliphatic heterocycles. The molecule has 4 heterocycles. The summed E-state index contributed by atoms with van der Waals surface area (Å²) in [5.74, 6) is -3.97. The monoisotopic (exact) mass is 650 g/mol. The van der Waals surface area contributed by atoms with Crippen molar-refractivity contribution in [3.05, 3.63) is 17.8 Å². The normalized spacial score (nSPS) is 33.5. The van der Waals surface area contributed by atoms with Crippen molar-refractivity contribution in [3.8, 4) is 11.8 Å². The lowest BCUT2D eigenvalue weighted by atomic mass is 9.77. The minimum atomic E-state index is -4.77. The summed E-state index contributed by atoms with van der Waals surface area (Å²) < 4.78 is 65.5. The minimum Gasteiger partial charge on any atom is -0.472 e. The zero-order valence-corrected chi connectivity index (χ0v) is 25.6. The van der Waals surface area contributed by atoms with Gasteiger partial charge in [0.25, 0.3) is 5.91 Å². The number of aromatic nitrogens is 1. The van der Waals surface area contributed by atoms with Crippen LogP contribution in [0.5, 0.6) is 5.75 Å². The molecule has 248 valence electrons. The lowest BCUT2D eigenvalue weighted by Gasteiger charge is -2.38. The number of anilines is 1. The molecule has 9 atom stereocenters. The summed E-state index contributed by atoms with van der Waals surface area (Å²) >= 11 is 0. The van der Waals surface area contributed by atoms with Crippen LogP contribution in [0.2, 0.25) is 0 Å². The smallest absolute Gasteiger partial charge is 0.433 e. The molecule has 12 nitrogen and oxygen atoms in total. The standard InChI is InChI=1S/C30H34F4N6O6/c1-28(2,3)22(37-27(44)45-4)25(42)39-11-16-13-7-15(17(31)8-13)20(16)21(39)24(41)40-12-29(9-14(40)10-35)26(43)38-23-18(46-29)5-6-19(36-23)30(32,33)34/h5-6,13-17,20-22H,7-9,11-12H2,1-4H3,(H,37,44)(H,36,38,43)/t13-,14-,15+,16+,17+,20-,21-,22+,29+/m0/s1. The molecule has 6 rings (SSSR count). The van der Waals surface area contributed by atoms with Gasteiger partial charge in [0, 0.05) is 13.0 Å². The first-order valence-electron chi connectivity index (χ1n) is 15.1. The summed E-state index contributed by atoms with van der Waals surface area (Å²) in [5, 5.41) is 15.0. The maximum Gasteiger partial charge on any atom is 0.433 e. The number of fused-ring (bicyclic) bond motifs is 6. The van der Waals surface area contributed by atoms with Gasteiger partial charge in [0.1, 0.15) is 30.0 Å². The van der Waals surface area contributed by atoms with Gasteiger partial charge in [0.05, 0.1) is 19.7 Å². The Balaban J connectivity index is 1.33. The third kappa shape index (κ3) is 4.98. The van der Waals surface area contributed by atoms with Gasteiger partial charge in [-0.15, -0.1) is 0 Å². The molecule has 0 unspecified atom stereocenters. The fraction of sp³-hybridized carbons (Fsp3) is 0.667. The molecule has 2 aliphatic carbocycles. The third-order valence-corrected chi connectivity index (χ3v) is 10.2. The first-order chi connectivity index (χ1) is 21.5. The van der Waals surface area contributed by atoms with Crippen molar-refractivity contribution in [2.24, 2.45) is 29.1 Å². The van der Waals surface area contributed by atoms with Gasteiger partial charge in [-0.2, -0.15) is 18.4 Å². The number of rotatable bonds is 3. The largest absolute Gasteiger partial charge is 0.472 e. The summed E-state index contributed by atoms with van der Waals surface area (Å²) in [4.78, 5) is 60.3. The van der Waals surface area contributed by atoms with E-state index in [9.17, 15) is 37.6 Å². The number of alkyl carbamates (subject to hydrolysis) is 1. The molecule has 46 heavy (non-hydrogen) atoms. The van der Waals surface area contributed by atoms with E-state index in [1.54, 1.807) is 20.8 Å². The number of alkyl halides is 4. The van der Waals surface area contributed by atoms with Crippen molar-refractivity contribution < 1.29 is 46.2 Å². The number of carbonyl (C=O) groups excluding carboxylic acids is 4. The second-order valence-corrected chi connectivity index (χ2v) is 13.9. The maximum atomic E-state index is 15.2. The topological polar surface area (TPSA) is 154 Å². The Hall–Kier alpha value is -4.16. The van der Waals surface area contributed by atoms with E-state index >= 15 is 4.39 Å². The SMILES string of the molecule is COC(=O)N[C@H](C(=O)N1C[C@@H]2[C@H]3C[C@@H]([C@@H]2[C@H]1C(=O)N1C[C@@]2(C[C@H]1C#N)Oc1ccc(C(F)(F)F)nc1NC2=O)[C@H](F)C3)C(C)(C)C. The molecule has 16 heteroatoms. The van der Waals surface area contributed by atoms with Crippen LogP contribution < -0.4 is 15.4 Å². The van der Waals surface area contributed by atoms with Gasteiger partial charge < -0.3 is 29.9 Å². The van der Waals surface area contributed by atoms with Crippen LogP contribution in [0.1, 0.15) is 45.7 Å². The van der Waals surface area contributed by atoms with E-state index in [0.29, 0.717) is 18.9 Å². The zero-order chi connectivity index (χ0) is 33.5. The van der Waals surface area contributed by atoms with E-state index in [4.69, 9.17) is 9.47 Å². The Morgan fingerprint density at radius 3 is 2.54 bits per heavy atom. The molecular weight excluding hydrogens is 616 g/mol. The molecule has 2 saturated heterocycles. The van der Waals surface area contributed by atoms with Crippen LogP contribution in [0.3, 0.4) is 0 Å². The fourth-order valence-electron chi connectivity index (χ4n) is 8.12. The van der Waals surface area contributed by atoms with Gasteiger partial charge in [0.15, 0.2) is 11.6 Å². The average molecular weight is 651 g/mol. The second kappa shape index (κ2) is 10.7. The average Bonchev–Trinajstić information content (AvgIpc) is 3.74. The van der Waals surface area contributed by atoms with Crippen LogP contribution in [-0.2, 0) is 25.3 Å². The molecule has 1 aromatic rings. The molecule has 0 radical (unpaired) electrons. The Kier molecular flexibility index (Phi) is 7.40. The molecular formula is C30H34F4N6O6. The Morgan fingerprint density at radius 2 is 1.91 bits per heavy atom. The predicted octanol–water partition coefficient (Wildman–Crippen LogP) is 2.89. The molecule has 4 fully saturated rings. The number of amides is 4. The Labute approximate surface area is 261 Å². The van der Waals surface area contributed by atoms with Crippen molar-refractivity contribution in [3.63, 3.8) is 0 Å². The van der Waals surface area contributed by atoms with Gasteiger partial charge in [-0.25, -0.2) is 14.2 Å². The highest BCUT2D eigenvalue weighted by molar-refractivity contribution is 6.01.